The molecule has 7 heteroatoms. The third-order valence-corrected chi connectivity index (χ3v) is 6.04. The average Bonchev–Trinajstić information content (AvgIpc) is 2.94. The summed E-state index contributed by atoms with van der Waals surface area (Å²) >= 11 is 0. The summed E-state index contributed by atoms with van der Waals surface area (Å²) in [5, 5.41) is 3.32. The minimum absolute atomic E-state index is 0.109. The summed E-state index contributed by atoms with van der Waals surface area (Å²) in [4.78, 5) is 0.257. The highest BCUT2D eigenvalue weighted by molar-refractivity contribution is 7.89. The Morgan fingerprint density at radius 2 is 2.05 bits per heavy atom. The number of fused-ring (bicyclic) bond motifs is 1. The molecule has 122 valence electrons. The van der Waals surface area contributed by atoms with Crippen LogP contribution in [-0.2, 0) is 10.0 Å². The van der Waals surface area contributed by atoms with Crippen molar-refractivity contribution in [1.29, 1.82) is 0 Å². The lowest BCUT2D eigenvalue weighted by atomic mass is 9.94. The van der Waals surface area contributed by atoms with Gasteiger partial charge >= 0.3 is 0 Å². The van der Waals surface area contributed by atoms with E-state index in [1.165, 1.54) is 0 Å². The highest BCUT2D eigenvalue weighted by Crippen LogP contribution is 2.36. The van der Waals surface area contributed by atoms with Gasteiger partial charge in [-0.25, -0.2) is 13.1 Å². The molecule has 2 aliphatic rings. The second-order valence-corrected chi connectivity index (χ2v) is 7.67. The van der Waals surface area contributed by atoms with E-state index in [1.54, 1.807) is 19.1 Å². The summed E-state index contributed by atoms with van der Waals surface area (Å²) in [6.45, 7) is 5.69. The van der Waals surface area contributed by atoms with Gasteiger partial charge in [-0.2, -0.15) is 0 Å². The zero-order chi connectivity index (χ0) is 15.7. The van der Waals surface area contributed by atoms with Gasteiger partial charge in [0.25, 0.3) is 0 Å². The minimum Gasteiger partial charge on any atom is -0.454 e. The number of sulfonamides is 1. The molecule has 1 fully saturated rings. The Bertz CT molecular complexity index is 654. The van der Waals surface area contributed by atoms with Crippen molar-refractivity contribution in [3.63, 3.8) is 0 Å². The number of nitrogens with one attached hydrogen (secondary N) is 2. The largest absolute Gasteiger partial charge is 0.454 e. The van der Waals surface area contributed by atoms with Crippen molar-refractivity contribution >= 4 is 10.0 Å². The summed E-state index contributed by atoms with van der Waals surface area (Å²) in [5.74, 6) is 1.40. The van der Waals surface area contributed by atoms with Crippen LogP contribution in [0.1, 0.15) is 25.3 Å². The third kappa shape index (κ3) is 3.06. The first-order chi connectivity index (χ1) is 10.5. The number of piperidine rings is 1. The van der Waals surface area contributed by atoms with Gasteiger partial charge in [0.2, 0.25) is 16.8 Å². The van der Waals surface area contributed by atoms with Crippen molar-refractivity contribution in [3.8, 4) is 11.5 Å². The van der Waals surface area contributed by atoms with Crippen molar-refractivity contribution in [2.24, 2.45) is 5.92 Å². The van der Waals surface area contributed by atoms with Crippen LogP contribution in [0.5, 0.6) is 11.5 Å². The fraction of sp³-hybridized carbons (Fsp3) is 0.600. The lowest BCUT2D eigenvalue weighted by Gasteiger charge is -2.28. The van der Waals surface area contributed by atoms with Crippen LogP contribution in [0.2, 0.25) is 0 Å². The monoisotopic (exact) mass is 326 g/mol. The number of rotatable bonds is 4. The van der Waals surface area contributed by atoms with Crippen molar-refractivity contribution in [2.45, 2.75) is 37.6 Å². The Labute approximate surface area is 131 Å². The SMILES string of the molecule is Cc1cc2c(cc1S(=O)(=O)NC(C)C1CCCNC1)OCO2. The first-order valence-electron chi connectivity index (χ1n) is 7.60. The zero-order valence-electron chi connectivity index (χ0n) is 12.9. The molecular formula is C15H22N2O4S. The van der Waals surface area contributed by atoms with Crippen LogP contribution in [0.25, 0.3) is 0 Å². The molecule has 1 saturated heterocycles. The molecule has 2 unspecified atom stereocenters. The Hall–Kier alpha value is -1.31. The second kappa shape index (κ2) is 6.06. The predicted molar refractivity (Wildman–Crippen MR) is 82.7 cm³/mol. The van der Waals surface area contributed by atoms with Crippen LogP contribution in [0.4, 0.5) is 0 Å². The van der Waals surface area contributed by atoms with E-state index in [0.717, 1.165) is 25.9 Å². The van der Waals surface area contributed by atoms with E-state index in [1.807, 2.05) is 6.92 Å². The smallest absolute Gasteiger partial charge is 0.241 e. The highest BCUT2D eigenvalue weighted by atomic mass is 32.2. The average molecular weight is 326 g/mol. The molecule has 22 heavy (non-hydrogen) atoms. The third-order valence-electron chi connectivity index (χ3n) is 4.34. The molecule has 0 bridgehead atoms. The summed E-state index contributed by atoms with van der Waals surface area (Å²) in [5.41, 5.74) is 0.658. The van der Waals surface area contributed by atoms with Gasteiger partial charge in [-0.3, -0.25) is 0 Å². The van der Waals surface area contributed by atoms with Gasteiger partial charge in [0.1, 0.15) is 0 Å². The molecule has 6 nitrogen and oxygen atoms in total. The lowest BCUT2D eigenvalue weighted by Crippen LogP contribution is -2.44. The number of aryl methyl sites for hydroxylation is 1. The van der Waals surface area contributed by atoms with E-state index in [-0.39, 0.29) is 17.7 Å². The second-order valence-electron chi connectivity index (χ2n) is 5.99. The van der Waals surface area contributed by atoms with Crippen LogP contribution in [0.3, 0.4) is 0 Å². The van der Waals surface area contributed by atoms with E-state index in [2.05, 4.69) is 10.0 Å². The number of ether oxygens (including phenoxy) is 2. The molecular weight excluding hydrogens is 304 g/mol. The maximum absolute atomic E-state index is 12.7. The zero-order valence-corrected chi connectivity index (χ0v) is 13.7. The predicted octanol–water partition coefficient (Wildman–Crippen LogP) is 1.39. The Morgan fingerprint density at radius 3 is 2.73 bits per heavy atom. The molecule has 2 atom stereocenters. The van der Waals surface area contributed by atoms with E-state index in [0.29, 0.717) is 23.0 Å². The molecule has 0 spiro atoms. The minimum atomic E-state index is -3.57. The van der Waals surface area contributed by atoms with Gasteiger partial charge in [-0.15, -0.1) is 0 Å². The molecule has 2 aliphatic heterocycles. The molecule has 0 aliphatic carbocycles. The summed E-state index contributed by atoms with van der Waals surface area (Å²) in [6, 6.07) is 3.15. The van der Waals surface area contributed by atoms with Crippen molar-refractivity contribution in [1.82, 2.24) is 10.0 Å². The molecule has 0 saturated carbocycles. The Morgan fingerprint density at radius 1 is 1.32 bits per heavy atom. The number of hydrogen-bond donors (Lipinski definition) is 2. The van der Waals surface area contributed by atoms with Crippen LogP contribution in [-0.4, -0.2) is 34.3 Å². The fourth-order valence-corrected chi connectivity index (χ4v) is 4.58. The summed E-state index contributed by atoms with van der Waals surface area (Å²) in [7, 11) is -3.57. The molecule has 2 heterocycles. The normalized spacial score (nSPS) is 22.5. The lowest BCUT2D eigenvalue weighted by molar-refractivity contribution is 0.174. The quantitative estimate of drug-likeness (QED) is 0.874. The maximum Gasteiger partial charge on any atom is 0.241 e. The van der Waals surface area contributed by atoms with Crippen molar-refractivity contribution in [3.05, 3.63) is 17.7 Å². The van der Waals surface area contributed by atoms with Gasteiger partial charge in [0.15, 0.2) is 11.5 Å². The Balaban J connectivity index is 1.80. The number of benzene rings is 1. The first kappa shape index (κ1) is 15.6. The van der Waals surface area contributed by atoms with Crippen LogP contribution < -0.4 is 19.5 Å². The summed E-state index contributed by atoms with van der Waals surface area (Å²) < 4.78 is 38.7. The van der Waals surface area contributed by atoms with Crippen LogP contribution in [0, 0.1) is 12.8 Å². The molecule has 1 aromatic rings. The van der Waals surface area contributed by atoms with Gasteiger partial charge in [0.05, 0.1) is 4.90 Å². The topological polar surface area (TPSA) is 76.7 Å². The van der Waals surface area contributed by atoms with Crippen molar-refractivity contribution < 1.29 is 17.9 Å². The molecule has 2 N–H and O–H groups in total. The first-order valence-corrected chi connectivity index (χ1v) is 9.09. The van der Waals surface area contributed by atoms with E-state index >= 15 is 0 Å². The molecule has 0 aromatic heterocycles. The van der Waals surface area contributed by atoms with Gasteiger partial charge < -0.3 is 14.8 Å². The Kier molecular flexibility index (Phi) is 4.29. The highest BCUT2D eigenvalue weighted by Gasteiger charge is 2.28. The van der Waals surface area contributed by atoms with Gasteiger partial charge in [0, 0.05) is 12.1 Å². The molecule has 0 radical (unpaired) electrons. The van der Waals surface area contributed by atoms with Crippen LogP contribution >= 0.6 is 0 Å². The molecule has 0 amide bonds. The molecule has 3 rings (SSSR count). The molecule has 1 aromatic carbocycles. The van der Waals surface area contributed by atoms with E-state index < -0.39 is 10.0 Å². The number of hydrogen-bond acceptors (Lipinski definition) is 5. The van der Waals surface area contributed by atoms with E-state index in [9.17, 15) is 8.42 Å². The maximum atomic E-state index is 12.7. The standard InChI is InChI=1S/C15H22N2O4S/c1-10-6-13-14(21-9-20-13)7-15(10)22(18,19)17-11(2)12-4-3-5-16-8-12/h6-7,11-12,16-17H,3-5,8-9H2,1-2H3. The van der Waals surface area contributed by atoms with Gasteiger partial charge in [-0.1, -0.05) is 0 Å². The van der Waals surface area contributed by atoms with Crippen LogP contribution in [0.15, 0.2) is 17.0 Å². The summed E-state index contributed by atoms with van der Waals surface area (Å²) in [6.07, 6.45) is 2.12. The van der Waals surface area contributed by atoms with Crippen molar-refractivity contribution in [2.75, 3.05) is 19.9 Å². The van der Waals surface area contributed by atoms with E-state index in [4.69, 9.17) is 9.47 Å². The van der Waals surface area contributed by atoms with Gasteiger partial charge in [-0.05, 0) is 57.3 Å². The fourth-order valence-electron chi connectivity index (χ4n) is 3.02.